The van der Waals surface area contributed by atoms with Crippen molar-refractivity contribution in [3.63, 3.8) is 0 Å². The van der Waals surface area contributed by atoms with Gasteiger partial charge >= 0.3 is 0 Å². The Morgan fingerprint density at radius 2 is 2.00 bits per heavy atom. The number of amides is 1. The number of rotatable bonds is 6. The molecule has 2 heterocycles. The summed E-state index contributed by atoms with van der Waals surface area (Å²) in [6, 6.07) is 13.2. The van der Waals surface area contributed by atoms with Gasteiger partial charge in [-0.3, -0.25) is 4.79 Å². The Kier molecular flexibility index (Phi) is 4.99. The average Bonchev–Trinajstić information content (AvgIpc) is 3.37. The van der Waals surface area contributed by atoms with Crippen molar-refractivity contribution < 1.29 is 9.53 Å². The number of carbonyl (C=O) groups is 1. The molecule has 2 aromatic heterocycles. The first-order chi connectivity index (χ1) is 14.0. The fourth-order valence-electron chi connectivity index (χ4n) is 3.48. The fourth-order valence-corrected chi connectivity index (χ4v) is 3.48. The molecule has 0 fully saturated rings. The SMILES string of the molecule is COc1ccc2c(c1)c(C[C@@H](C)NC(=O)c1ccc(-n3cnnn3)cc1)cn2C. The van der Waals surface area contributed by atoms with Crippen molar-refractivity contribution in [3.8, 4) is 11.4 Å². The van der Waals surface area contributed by atoms with Crippen molar-refractivity contribution in [2.45, 2.75) is 19.4 Å². The second kappa shape index (κ2) is 7.75. The lowest BCUT2D eigenvalue weighted by molar-refractivity contribution is 0.0940. The number of tetrazole rings is 1. The molecule has 0 bridgehead atoms. The van der Waals surface area contributed by atoms with Gasteiger partial charge in [0.2, 0.25) is 0 Å². The summed E-state index contributed by atoms with van der Waals surface area (Å²) in [7, 11) is 3.69. The summed E-state index contributed by atoms with van der Waals surface area (Å²) < 4.78 is 8.99. The number of benzene rings is 2. The van der Waals surface area contributed by atoms with Crippen LogP contribution in [0.25, 0.3) is 16.6 Å². The molecule has 4 aromatic rings. The largest absolute Gasteiger partial charge is 0.497 e. The zero-order valence-corrected chi connectivity index (χ0v) is 16.5. The predicted octanol–water partition coefficient (Wildman–Crippen LogP) is 2.52. The summed E-state index contributed by atoms with van der Waals surface area (Å²) in [6.07, 6.45) is 4.34. The van der Waals surface area contributed by atoms with Crippen LogP contribution >= 0.6 is 0 Å². The number of fused-ring (bicyclic) bond motifs is 1. The molecule has 0 saturated heterocycles. The first-order valence-electron chi connectivity index (χ1n) is 9.31. The van der Waals surface area contributed by atoms with E-state index in [-0.39, 0.29) is 11.9 Å². The van der Waals surface area contributed by atoms with Gasteiger partial charge in [0.25, 0.3) is 5.91 Å². The van der Waals surface area contributed by atoms with Crippen LogP contribution in [0.15, 0.2) is 55.0 Å². The molecule has 0 aliphatic carbocycles. The second-order valence-electron chi connectivity index (χ2n) is 7.03. The highest BCUT2D eigenvalue weighted by Crippen LogP contribution is 2.26. The van der Waals surface area contributed by atoms with Gasteiger partial charge in [-0.2, -0.15) is 0 Å². The zero-order valence-electron chi connectivity index (χ0n) is 16.5. The van der Waals surface area contributed by atoms with Gasteiger partial charge in [0, 0.05) is 35.8 Å². The van der Waals surface area contributed by atoms with E-state index in [1.54, 1.807) is 23.9 Å². The topological polar surface area (TPSA) is 86.9 Å². The van der Waals surface area contributed by atoms with Crippen LogP contribution in [0.2, 0.25) is 0 Å². The van der Waals surface area contributed by atoms with Crippen molar-refractivity contribution in [2.24, 2.45) is 7.05 Å². The molecule has 0 spiro atoms. The van der Waals surface area contributed by atoms with Crippen LogP contribution in [0.4, 0.5) is 0 Å². The number of hydrogen-bond donors (Lipinski definition) is 1. The zero-order chi connectivity index (χ0) is 20.4. The van der Waals surface area contributed by atoms with E-state index < -0.39 is 0 Å². The first kappa shape index (κ1) is 18.7. The summed E-state index contributed by atoms with van der Waals surface area (Å²) in [5, 5.41) is 15.3. The smallest absolute Gasteiger partial charge is 0.251 e. The number of nitrogens with zero attached hydrogens (tertiary/aromatic N) is 5. The number of ether oxygens (including phenoxy) is 1. The van der Waals surface area contributed by atoms with Crippen LogP contribution < -0.4 is 10.1 Å². The quantitative estimate of drug-likeness (QED) is 0.547. The third-order valence-corrected chi connectivity index (χ3v) is 4.93. The Morgan fingerprint density at radius 1 is 1.21 bits per heavy atom. The predicted molar refractivity (Wildman–Crippen MR) is 109 cm³/mol. The number of carbonyl (C=O) groups excluding carboxylic acids is 1. The molecule has 2 aromatic carbocycles. The Labute approximate surface area is 168 Å². The normalized spacial score (nSPS) is 12.1. The lowest BCUT2D eigenvalue weighted by Gasteiger charge is -2.14. The Bertz CT molecular complexity index is 1130. The van der Waals surface area contributed by atoms with Crippen LogP contribution in [0.1, 0.15) is 22.8 Å². The van der Waals surface area contributed by atoms with Crippen molar-refractivity contribution in [1.82, 2.24) is 30.1 Å². The van der Waals surface area contributed by atoms with E-state index in [0.717, 1.165) is 28.8 Å². The molecular formula is C21H22N6O2. The summed E-state index contributed by atoms with van der Waals surface area (Å²) in [6.45, 7) is 2.01. The molecular weight excluding hydrogens is 368 g/mol. The van der Waals surface area contributed by atoms with Gasteiger partial charge < -0.3 is 14.6 Å². The Hall–Kier alpha value is -3.68. The molecule has 4 rings (SSSR count). The second-order valence-corrected chi connectivity index (χ2v) is 7.03. The van der Waals surface area contributed by atoms with Crippen molar-refractivity contribution >= 4 is 16.8 Å². The van der Waals surface area contributed by atoms with Crippen LogP contribution in [0, 0.1) is 0 Å². The van der Waals surface area contributed by atoms with E-state index >= 15 is 0 Å². The summed E-state index contributed by atoms with van der Waals surface area (Å²) in [5.74, 6) is 0.711. The van der Waals surface area contributed by atoms with E-state index in [4.69, 9.17) is 4.74 Å². The molecule has 0 radical (unpaired) electrons. The number of hydrogen-bond acceptors (Lipinski definition) is 5. The molecule has 0 unspecified atom stereocenters. The van der Waals surface area contributed by atoms with E-state index in [1.165, 1.54) is 11.9 Å². The fraction of sp³-hybridized carbons (Fsp3) is 0.238. The lowest BCUT2D eigenvalue weighted by Crippen LogP contribution is -2.34. The highest BCUT2D eigenvalue weighted by Gasteiger charge is 2.14. The molecule has 148 valence electrons. The summed E-state index contributed by atoms with van der Waals surface area (Å²) in [4.78, 5) is 12.6. The van der Waals surface area contributed by atoms with Gasteiger partial charge in [-0.1, -0.05) is 0 Å². The minimum absolute atomic E-state index is 0.0292. The van der Waals surface area contributed by atoms with E-state index in [2.05, 4.69) is 31.6 Å². The first-order valence-corrected chi connectivity index (χ1v) is 9.31. The monoisotopic (exact) mass is 390 g/mol. The summed E-state index contributed by atoms with van der Waals surface area (Å²) >= 11 is 0. The molecule has 1 N–H and O–H groups in total. The van der Waals surface area contributed by atoms with Crippen molar-refractivity contribution in [1.29, 1.82) is 0 Å². The van der Waals surface area contributed by atoms with Gasteiger partial charge in [0.1, 0.15) is 12.1 Å². The van der Waals surface area contributed by atoms with Crippen molar-refractivity contribution in [3.05, 3.63) is 66.1 Å². The number of aryl methyl sites for hydroxylation is 1. The molecule has 29 heavy (non-hydrogen) atoms. The van der Waals surface area contributed by atoms with Crippen LogP contribution in [0.3, 0.4) is 0 Å². The van der Waals surface area contributed by atoms with Gasteiger partial charge in [0.15, 0.2) is 0 Å². The number of nitrogens with one attached hydrogen (secondary N) is 1. The maximum Gasteiger partial charge on any atom is 0.251 e. The van der Waals surface area contributed by atoms with Crippen LogP contribution in [-0.4, -0.2) is 43.8 Å². The van der Waals surface area contributed by atoms with Gasteiger partial charge in [-0.15, -0.1) is 5.10 Å². The lowest BCUT2D eigenvalue weighted by atomic mass is 10.1. The number of methoxy groups -OCH3 is 1. The molecule has 1 atom stereocenters. The Morgan fingerprint density at radius 3 is 2.69 bits per heavy atom. The van der Waals surface area contributed by atoms with E-state index in [0.29, 0.717) is 5.56 Å². The molecule has 0 saturated carbocycles. The van der Waals surface area contributed by atoms with Gasteiger partial charge in [0.05, 0.1) is 12.8 Å². The highest BCUT2D eigenvalue weighted by molar-refractivity contribution is 5.94. The minimum atomic E-state index is -0.112. The molecule has 0 aliphatic heterocycles. The highest BCUT2D eigenvalue weighted by atomic mass is 16.5. The average molecular weight is 390 g/mol. The molecule has 8 nitrogen and oxygen atoms in total. The Balaban J connectivity index is 1.46. The molecule has 1 amide bonds. The van der Waals surface area contributed by atoms with Crippen LogP contribution in [-0.2, 0) is 13.5 Å². The minimum Gasteiger partial charge on any atom is -0.497 e. The third-order valence-electron chi connectivity index (χ3n) is 4.93. The van der Waals surface area contributed by atoms with Gasteiger partial charge in [-0.05, 0) is 71.8 Å². The third kappa shape index (κ3) is 3.82. The molecule has 8 heteroatoms. The maximum absolute atomic E-state index is 12.6. The van der Waals surface area contributed by atoms with Crippen molar-refractivity contribution in [2.75, 3.05) is 7.11 Å². The summed E-state index contributed by atoms with van der Waals surface area (Å²) in [5.41, 5.74) is 3.69. The molecule has 0 aliphatic rings. The van der Waals surface area contributed by atoms with E-state index in [9.17, 15) is 4.79 Å². The maximum atomic E-state index is 12.6. The van der Waals surface area contributed by atoms with Crippen LogP contribution in [0.5, 0.6) is 5.75 Å². The van der Waals surface area contributed by atoms with Gasteiger partial charge in [-0.25, -0.2) is 4.68 Å². The number of aromatic nitrogens is 5. The van der Waals surface area contributed by atoms with E-state index in [1.807, 2.05) is 44.3 Å². The standard InChI is InChI=1S/C21H22N6O2/c1-14(10-16-12-26(2)20-9-8-18(29-3)11-19(16)20)23-21(28)15-4-6-17(7-5-15)27-13-22-24-25-27/h4-9,11-14H,10H2,1-3H3,(H,23,28)/t14-/m1/s1.